The van der Waals surface area contributed by atoms with E-state index in [-0.39, 0.29) is 17.5 Å². The lowest BCUT2D eigenvalue weighted by atomic mass is 10.1. The standard InChI is InChI=1S/C6H10N2O/c7-4-3-6(1-2-6)5(9)8-4/h4H,1-3,7H2,(H,8,9). The minimum atomic E-state index is -0.0694. The van der Waals surface area contributed by atoms with Crippen LogP contribution in [0.5, 0.6) is 0 Å². The number of rotatable bonds is 0. The molecular weight excluding hydrogens is 116 g/mol. The van der Waals surface area contributed by atoms with Gasteiger partial charge in [0.25, 0.3) is 0 Å². The van der Waals surface area contributed by atoms with Gasteiger partial charge in [-0.15, -0.1) is 0 Å². The van der Waals surface area contributed by atoms with Crippen molar-refractivity contribution in [3.05, 3.63) is 0 Å². The second kappa shape index (κ2) is 1.29. The van der Waals surface area contributed by atoms with E-state index in [1.165, 1.54) is 0 Å². The molecule has 0 aromatic carbocycles. The molecule has 3 N–H and O–H groups in total. The molecule has 50 valence electrons. The third-order valence-electron chi connectivity index (χ3n) is 2.26. The Morgan fingerprint density at radius 3 is 2.56 bits per heavy atom. The Balaban J connectivity index is 2.19. The zero-order valence-corrected chi connectivity index (χ0v) is 5.18. The van der Waals surface area contributed by atoms with Gasteiger partial charge in [-0.05, 0) is 19.3 Å². The van der Waals surface area contributed by atoms with Gasteiger partial charge in [0.05, 0.1) is 11.6 Å². The van der Waals surface area contributed by atoms with Gasteiger partial charge in [-0.2, -0.15) is 0 Å². The molecule has 2 fully saturated rings. The van der Waals surface area contributed by atoms with Crippen molar-refractivity contribution in [1.82, 2.24) is 5.32 Å². The van der Waals surface area contributed by atoms with Crippen molar-refractivity contribution >= 4 is 5.91 Å². The zero-order chi connectivity index (χ0) is 6.48. The molecule has 0 aromatic heterocycles. The van der Waals surface area contributed by atoms with E-state index in [1.807, 2.05) is 0 Å². The van der Waals surface area contributed by atoms with Crippen molar-refractivity contribution in [3.8, 4) is 0 Å². The molecule has 9 heavy (non-hydrogen) atoms. The van der Waals surface area contributed by atoms with Gasteiger partial charge in [0.15, 0.2) is 0 Å². The summed E-state index contributed by atoms with van der Waals surface area (Å²) < 4.78 is 0. The van der Waals surface area contributed by atoms with E-state index >= 15 is 0 Å². The molecule has 1 spiro atoms. The van der Waals surface area contributed by atoms with Crippen molar-refractivity contribution < 1.29 is 4.79 Å². The Hall–Kier alpha value is -0.570. The van der Waals surface area contributed by atoms with Gasteiger partial charge < -0.3 is 11.1 Å². The predicted molar refractivity (Wildman–Crippen MR) is 32.4 cm³/mol. The molecule has 1 saturated carbocycles. The summed E-state index contributed by atoms with van der Waals surface area (Å²) in [6.45, 7) is 0. The van der Waals surface area contributed by atoms with Gasteiger partial charge >= 0.3 is 0 Å². The summed E-state index contributed by atoms with van der Waals surface area (Å²) in [5.74, 6) is 0.176. The number of nitrogens with one attached hydrogen (secondary N) is 1. The van der Waals surface area contributed by atoms with Crippen LogP contribution in [-0.2, 0) is 4.79 Å². The van der Waals surface area contributed by atoms with E-state index in [9.17, 15) is 4.79 Å². The van der Waals surface area contributed by atoms with Crippen LogP contribution in [0.3, 0.4) is 0 Å². The number of carbonyl (C=O) groups excluding carboxylic acids is 1. The van der Waals surface area contributed by atoms with Gasteiger partial charge in [0.2, 0.25) is 5.91 Å². The number of hydrogen-bond donors (Lipinski definition) is 2. The molecule has 0 aromatic rings. The Bertz CT molecular complexity index is 162. The second-order valence-electron chi connectivity index (χ2n) is 3.06. The Morgan fingerprint density at radius 2 is 2.33 bits per heavy atom. The smallest absolute Gasteiger partial charge is 0.227 e. The second-order valence-corrected chi connectivity index (χ2v) is 3.06. The van der Waals surface area contributed by atoms with Gasteiger partial charge in [-0.25, -0.2) is 0 Å². The van der Waals surface area contributed by atoms with Crippen LogP contribution >= 0.6 is 0 Å². The summed E-state index contributed by atoms with van der Waals surface area (Å²) in [7, 11) is 0. The van der Waals surface area contributed by atoms with Crippen LogP contribution in [0.15, 0.2) is 0 Å². The summed E-state index contributed by atoms with van der Waals surface area (Å²) in [5, 5.41) is 2.71. The zero-order valence-electron chi connectivity index (χ0n) is 5.18. The fourth-order valence-electron chi connectivity index (χ4n) is 1.47. The SMILES string of the molecule is NC1CC2(CC2)C(=O)N1. The highest BCUT2D eigenvalue weighted by Crippen LogP contribution is 2.51. The van der Waals surface area contributed by atoms with E-state index in [0.717, 1.165) is 19.3 Å². The van der Waals surface area contributed by atoms with E-state index in [0.29, 0.717) is 0 Å². The predicted octanol–water partition coefficient (Wildman–Crippen LogP) is -0.429. The van der Waals surface area contributed by atoms with Gasteiger partial charge in [-0.3, -0.25) is 4.79 Å². The van der Waals surface area contributed by atoms with Crippen molar-refractivity contribution in [3.63, 3.8) is 0 Å². The number of amides is 1. The van der Waals surface area contributed by atoms with Crippen LogP contribution in [0.4, 0.5) is 0 Å². The molecule has 1 unspecified atom stereocenters. The maximum Gasteiger partial charge on any atom is 0.227 e. The summed E-state index contributed by atoms with van der Waals surface area (Å²) in [6.07, 6.45) is 2.88. The van der Waals surface area contributed by atoms with E-state index in [4.69, 9.17) is 5.73 Å². The van der Waals surface area contributed by atoms with Crippen LogP contribution < -0.4 is 11.1 Å². The van der Waals surface area contributed by atoms with Crippen LogP contribution in [0.1, 0.15) is 19.3 Å². The van der Waals surface area contributed by atoms with Crippen molar-refractivity contribution in [1.29, 1.82) is 0 Å². The monoisotopic (exact) mass is 126 g/mol. The lowest BCUT2D eigenvalue weighted by Gasteiger charge is -1.97. The van der Waals surface area contributed by atoms with Gasteiger partial charge in [0.1, 0.15) is 0 Å². The summed E-state index contributed by atoms with van der Waals surface area (Å²) >= 11 is 0. The third-order valence-corrected chi connectivity index (χ3v) is 2.26. The maximum absolute atomic E-state index is 11.0. The Morgan fingerprint density at radius 1 is 1.67 bits per heavy atom. The van der Waals surface area contributed by atoms with E-state index in [1.54, 1.807) is 0 Å². The molecule has 3 heteroatoms. The first-order valence-electron chi connectivity index (χ1n) is 3.30. The molecule has 1 saturated heterocycles. The lowest BCUT2D eigenvalue weighted by Crippen LogP contribution is -2.33. The minimum Gasteiger partial charge on any atom is -0.340 e. The van der Waals surface area contributed by atoms with E-state index < -0.39 is 0 Å². The number of nitrogens with two attached hydrogens (primary N) is 1. The molecule has 0 radical (unpaired) electrons. The van der Waals surface area contributed by atoms with Crippen LogP contribution in [0.25, 0.3) is 0 Å². The molecule has 2 rings (SSSR count). The molecule has 0 bridgehead atoms. The molecular formula is C6H10N2O. The average molecular weight is 126 g/mol. The molecule has 3 nitrogen and oxygen atoms in total. The summed E-state index contributed by atoms with van der Waals surface area (Å²) in [4.78, 5) is 11.0. The molecule has 2 aliphatic rings. The Labute approximate surface area is 53.6 Å². The topological polar surface area (TPSA) is 55.1 Å². The minimum absolute atomic E-state index is 0.000579. The average Bonchev–Trinajstić information content (AvgIpc) is 2.42. The quantitative estimate of drug-likeness (QED) is 0.463. The Kier molecular flexibility index (Phi) is 0.750. The van der Waals surface area contributed by atoms with Crippen molar-refractivity contribution in [2.24, 2.45) is 11.1 Å². The van der Waals surface area contributed by atoms with Crippen molar-refractivity contribution in [2.75, 3.05) is 0 Å². The van der Waals surface area contributed by atoms with Crippen LogP contribution in [-0.4, -0.2) is 12.1 Å². The molecule has 1 aliphatic heterocycles. The summed E-state index contributed by atoms with van der Waals surface area (Å²) in [5.41, 5.74) is 5.51. The summed E-state index contributed by atoms with van der Waals surface area (Å²) in [6, 6.07) is 0. The first-order chi connectivity index (χ1) is 4.23. The molecule has 1 amide bonds. The van der Waals surface area contributed by atoms with Gasteiger partial charge in [0, 0.05) is 0 Å². The lowest BCUT2D eigenvalue weighted by molar-refractivity contribution is -0.123. The van der Waals surface area contributed by atoms with E-state index in [2.05, 4.69) is 5.32 Å². The highest BCUT2D eigenvalue weighted by molar-refractivity contribution is 5.87. The highest BCUT2D eigenvalue weighted by atomic mass is 16.2. The van der Waals surface area contributed by atoms with Crippen LogP contribution in [0.2, 0.25) is 0 Å². The number of carbonyl (C=O) groups is 1. The molecule has 1 aliphatic carbocycles. The normalized spacial score (nSPS) is 37.0. The molecule has 1 heterocycles. The fourth-order valence-corrected chi connectivity index (χ4v) is 1.47. The molecule has 1 atom stereocenters. The van der Waals surface area contributed by atoms with Gasteiger partial charge in [-0.1, -0.05) is 0 Å². The largest absolute Gasteiger partial charge is 0.340 e. The van der Waals surface area contributed by atoms with Crippen LogP contribution in [0, 0.1) is 5.41 Å². The fraction of sp³-hybridized carbons (Fsp3) is 0.833. The highest BCUT2D eigenvalue weighted by Gasteiger charge is 2.54. The maximum atomic E-state index is 11.0. The first-order valence-corrected chi connectivity index (χ1v) is 3.30. The van der Waals surface area contributed by atoms with Crippen molar-refractivity contribution in [2.45, 2.75) is 25.4 Å². The third kappa shape index (κ3) is 0.580. The number of hydrogen-bond acceptors (Lipinski definition) is 2. The first kappa shape index (κ1) is 5.23.